The molecule has 0 radical (unpaired) electrons. The lowest BCUT2D eigenvalue weighted by molar-refractivity contribution is -0.152. The van der Waals surface area contributed by atoms with E-state index in [1.807, 2.05) is 6.07 Å². The second-order valence-corrected chi connectivity index (χ2v) is 7.57. The molecule has 3 aliphatic rings. The largest absolute Gasteiger partial charge is 0.468 e. The third kappa shape index (κ3) is 2.61. The number of rotatable bonds is 3. The van der Waals surface area contributed by atoms with Gasteiger partial charge in [-0.15, -0.1) is 0 Å². The van der Waals surface area contributed by atoms with E-state index in [1.165, 1.54) is 14.2 Å². The van der Waals surface area contributed by atoms with Gasteiger partial charge in [0.2, 0.25) is 11.8 Å². The highest BCUT2D eigenvalue weighted by Gasteiger charge is 2.66. The van der Waals surface area contributed by atoms with E-state index < -0.39 is 29.4 Å². The molecule has 0 spiro atoms. The van der Waals surface area contributed by atoms with Crippen LogP contribution in [0.1, 0.15) is 18.5 Å². The maximum absolute atomic E-state index is 12.9. The lowest BCUT2D eigenvalue weighted by Crippen LogP contribution is -2.53. The van der Waals surface area contributed by atoms with Gasteiger partial charge in [-0.1, -0.05) is 6.07 Å². The summed E-state index contributed by atoms with van der Waals surface area (Å²) in [6.45, 7) is 4.20. The zero-order chi connectivity index (χ0) is 20.1. The van der Waals surface area contributed by atoms with Crippen LogP contribution in [0.25, 0.3) is 0 Å². The number of methoxy groups -OCH3 is 1. The summed E-state index contributed by atoms with van der Waals surface area (Å²) in [4.78, 5) is 46.1. The molecule has 0 aromatic carbocycles. The van der Waals surface area contributed by atoms with Gasteiger partial charge in [0.25, 0.3) is 0 Å². The molecule has 0 aliphatic carbocycles. The molecule has 0 saturated carbocycles. The summed E-state index contributed by atoms with van der Waals surface area (Å²) in [6, 6.07) is 3.17. The van der Waals surface area contributed by atoms with Crippen molar-refractivity contribution >= 4 is 23.6 Å². The van der Waals surface area contributed by atoms with Gasteiger partial charge in [-0.2, -0.15) is 0 Å². The summed E-state index contributed by atoms with van der Waals surface area (Å²) in [5.74, 6) is -1.98. The van der Waals surface area contributed by atoms with E-state index in [2.05, 4.69) is 15.2 Å². The number of hydrogen-bond donors (Lipinski definition) is 1. The standard InChI is InChI=1S/C19H24N4O5/c1-19(18(26)27-3)13-12(16(24)22(2)17(13)25)14(21-19)11-5-4-6-20-15(11)23-7-9-28-10-8-23/h4-6,12-14,21H,7-10H2,1-3H3/t12-,13-,14-,19-/m0/s1. The Hall–Kier alpha value is -2.52. The van der Waals surface area contributed by atoms with E-state index in [-0.39, 0.29) is 11.8 Å². The zero-order valence-electron chi connectivity index (χ0n) is 16.2. The lowest BCUT2D eigenvalue weighted by atomic mass is 9.80. The van der Waals surface area contributed by atoms with E-state index in [4.69, 9.17) is 9.47 Å². The lowest BCUT2D eigenvalue weighted by Gasteiger charge is -2.32. The number of pyridine rings is 1. The van der Waals surface area contributed by atoms with Crippen LogP contribution in [0.4, 0.5) is 5.82 Å². The fraction of sp³-hybridized carbons (Fsp3) is 0.579. The molecule has 28 heavy (non-hydrogen) atoms. The van der Waals surface area contributed by atoms with Crippen molar-refractivity contribution in [1.29, 1.82) is 0 Å². The normalized spacial score (nSPS) is 32.6. The molecule has 3 aliphatic heterocycles. The van der Waals surface area contributed by atoms with Gasteiger partial charge in [-0.3, -0.25) is 24.6 Å². The van der Waals surface area contributed by atoms with E-state index >= 15 is 0 Å². The number of fused-ring (bicyclic) bond motifs is 1. The van der Waals surface area contributed by atoms with Crippen LogP contribution in [0.15, 0.2) is 18.3 Å². The van der Waals surface area contributed by atoms with E-state index in [1.54, 1.807) is 19.2 Å². The number of morpholine rings is 1. The van der Waals surface area contributed by atoms with Gasteiger partial charge in [-0.05, 0) is 13.0 Å². The van der Waals surface area contributed by atoms with Gasteiger partial charge < -0.3 is 14.4 Å². The summed E-state index contributed by atoms with van der Waals surface area (Å²) in [7, 11) is 2.75. The van der Waals surface area contributed by atoms with Gasteiger partial charge in [-0.25, -0.2) is 4.98 Å². The Kier molecular flexibility index (Phi) is 4.59. The monoisotopic (exact) mass is 388 g/mol. The van der Waals surface area contributed by atoms with E-state index in [0.29, 0.717) is 26.3 Å². The highest BCUT2D eigenvalue weighted by Crippen LogP contribution is 2.49. The van der Waals surface area contributed by atoms with Crippen molar-refractivity contribution in [3.63, 3.8) is 0 Å². The maximum atomic E-state index is 12.9. The van der Waals surface area contributed by atoms with Crippen LogP contribution in [0.3, 0.4) is 0 Å². The maximum Gasteiger partial charge on any atom is 0.326 e. The van der Waals surface area contributed by atoms with Crippen molar-refractivity contribution in [2.45, 2.75) is 18.5 Å². The Morgan fingerprint density at radius 2 is 2.04 bits per heavy atom. The van der Waals surface area contributed by atoms with Gasteiger partial charge in [0, 0.05) is 37.9 Å². The summed E-state index contributed by atoms with van der Waals surface area (Å²) in [6.07, 6.45) is 1.70. The van der Waals surface area contributed by atoms with Crippen LogP contribution in [0.5, 0.6) is 0 Å². The number of carbonyl (C=O) groups excluding carboxylic acids is 3. The highest BCUT2D eigenvalue weighted by molar-refractivity contribution is 6.09. The second kappa shape index (κ2) is 6.82. The van der Waals surface area contributed by atoms with Crippen molar-refractivity contribution in [3.8, 4) is 0 Å². The number of hydrogen-bond acceptors (Lipinski definition) is 8. The number of amides is 2. The number of nitrogens with one attached hydrogen (secondary N) is 1. The number of likely N-dealkylation sites (tertiary alicyclic amines) is 1. The van der Waals surface area contributed by atoms with E-state index in [0.717, 1.165) is 16.3 Å². The number of imide groups is 1. The molecule has 9 heteroatoms. The highest BCUT2D eigenvalue weighted by atomic mass is 16.5. The molecule has 1 N–H and O–H groups in total. The molecule has 150 valence electrons. The molecular weight excluding hydrogens is 364 g/mol. The third-order valence-corrected chi connectivity index (χ3v) is 6.08. The first-order valence-electron chi connectivity index (χ1n) is 9.35. The fourth-order valence-corrected chi connectivity index (χ4v) is 4.64. The topological polar surface area (TPSA) is 101 Å². The van der Waals surface area contributed by atoms with Crippen molar-refractivity contribution in [3.05, 3.63) is 23.9 Å². The van der Waals surface area contributed by atoms with Crippen LogP contribution in [-0.4, -0.2) is 73.7 Å². The van der Waals surface area contributed by atoms with Crippen molar-refractivity contribution < 1.29 is 23.9 Å². The number of carbonyl (C=O) groups is 3. The Labute approximate surface area is 163 Å². The average molecular weight is 388 g/mol. The molecular formula is C19H24N4O5. The van der Waals surface area contributed by atoms with E-state index in [9.17, 15) is 14.4 Å². The minimum Gasteiger partial charge on any atom is -0.468 e. The molecule has 1 aromatic heterocycles. The van der Waals surface area contributed by atoms with Crippen LogP contribution < -0.4 is 10.2 Å². The van der Waals surface area contributed by atoms with Crippen LogP contribution in [0.2, 0.25) is 0 Å². The molecule has 4 atom stereocenters. The number of nitrogens with zero attached hydrogens (tertiary/aromatic N) is 3. The summed E-state index contributed by atoms with van der Waals surface area (Å²) in [5.41, 5.74) is -0.497. The first-order chi connectivity index (χ1) is 13.4. The molecule has 3 saturated heterocycles. The average Bonchev–Trinajstić information content (AvgIpc) is 3.17. The quantitative estimate of drug-likeness (QED) is 0.558. The Morgan fingerprint density at radius 1 is 1.32 bits per heavy atom. The Balaban J connectivity index is 1.79. The minimum absolute atomic E-state index is 0.295. The zero-order valence-corrected chi connectivity index (χ0v) is 16.2. The Bertz CT molecular complexity index is 824. The molecule has 9 nitrogen and oxygen atoms in total. The minimum atomic E-state index is -1.29. The first-order valence-corrected chi connectivity index (χ1v) is 9.35. The van der Waals surface area contributed by atoms with Crippen molar-refractivity contribution in [2.24, 2.45) is 11.8 Å². The van der Waals surface area contributed by atoms with Crippen molar-refractivity contribution in [1.82, 2.24) is 15.2 Å². The van der Waals surface area contributed by atoms with Crippen LogP contribution in [-0.2, 0) is 23.9 Å². The van der Waals surface area contributed by atoms with Gasteiger partial charge in [0.1, 0.15) is 11.4 Å². The molecule has 4 heterocycles. The van der Waals surface area contributed by atoms with Gasteiger partial charge >= 0.3 is 5.97 Å². The van der Waals surface area contributed by atoms with Crippen LogP contribution in [0, 0.1) is 11.8 Å². The summed E-state index contributed by atoms with van der Waals surface area (Å²) in [5, 5.41) is 3.26. The molecule has 3 fully saturated rings. The second-order valence-electron chi connectivity index (χ2n) is 7.57. The SMILES string of the molecule is COC(=O)[C@@]1(C)N[C@@H](c2cccnc2N2CCOCC2)[C@H]2C(=O)N(C)C(=O)[C@H]21. The third-order valence-electron chi connectivity index (χ3n) is 6.08. The molecule has 1 aromatic rings. The molecule has 0 unspecified atom stereocenters. The summed E-state index contributed by atoms with van der Waals surface area (Å²) < 4.78 is 10.4. The smallest absolute Gasteiger partial charge is 0.326 e. The predicted octanol–water partition coefficient (Wildman–Crippen LogP) is -0.275. The predicted molar refractivity (Wildman–Crippen MR) is 98.3 cm³/mol. The van der Waals surface area contributed by atoms with Gasteiger partial charge in [0.15, 0.2) is 0 Å². The number of esters is 1. The molecule has 0 bridgehead atoms. The van der Waals surface area contributed by atoms with Gasteiger partial charge in [0.05, 0.1) is 32.2 Å². The van der Waals surface area contributed by atoms with Crippen LogP contribution >= 0.6 is 0 Å². The Morgan fingerprint density at radius 3 is 2.71 bits per heavy atom. The fourth-order valence-electron chi connectivity index (χ4n) is 4.64. The number of ether oxygens (including phenoxy) is 2. The summed E-state index contributed by atoms with van der Waals surface area (Å²) >= 11 is 0. The van der Waals surface area contributed by atoms with Crippen molar-refractivity contribution in [2.75, 3.05) is 45.4 Å². The number of anilines is 1. The molecule has 2 amide bonds. The molecule has 4 rings (SSSR count). The number of aromatic nitrogens is 1. The first kappa shape index (κ1) is 18.8.